The fraction of sp³-hybridized carbons (Fsp3) is 0.562. The van der Waals surface area contributed by atoms with Crippen molar-refractivity contribution in [1.29, 1.82) is 0 Å². The van der Waals surface area contributed by atoms with Gasteiger partial charge in [0.1, 0.15) is 5.75 Å². The molecule has 0 saturated carbocycles. The SMILES string of the molecule is CC(Oc1ccc(Cl)cc1Cl)C(=O)N1CCC(C(C)N)CC1. The molecule has 2 atom stereocenters. The molecule has 2 unspecified atom stereocenters. The van der Waals surface area contributed by atoms with E-state index in [1.165, 1.54) is 0 Å². The van der Waals surface area contributed by atoms with Gasteiger partial charge in [-0.15, -0.1) is 0 Å². The van der Waals surface area contributed by atoms with E-state index in [1.807, 2.05) is 11.8 Å². The third-order valence-corrected chi connectivity index (χ3v) is 4.67. The lowest BCUT2D eigenvalue weighted by atomic mass is 9.91. The van der Waals surface area contributed by atoms with Crippen LogP contribution in [0.15, 0.2) is 18.2 Å². The Morgan fingerprint density at radius 2 is 1.95 bits per heavy atom. The smallest absolute Gasteiger partial charge is 0.263 e. The number of halogens is 2. The Morgan fingerprint density at radius 3 is 2.50 bits per heavy atom. The molecule has 2 rings (SSSR count). The molecule has 1 amide bonds. The number of amides is 1. The molecule has 0 radical (unpaired) electrons. The highest BCUT2D eigenvalue weighted by Crippen LogP contribution is 2.29. The average molecular weight is 345 g/mol. The van der Waals surface area contributed by atoms with E-state index in [1.54, 1.807) is 25.1 Å². The van der Waals surface area contributed by atoms with Gasteiger partial charge in [-0.2, -0.15) is 0 Å². The summed E-state index contributed by atoms with van der Waals surface area (Å²) in [5.74, 6) is 0.942. The summed E-state index contributed by atoms with van der Waals surface area (Å²) < 4.78 is 5.68. The number of benzene rings is 1. The zero-order valence-electron chi connectivity index (χ0n) is 12.9. The van der Waals surface area contributed by atoms with Crippen LogP contribution in [-0.4, -0.2) is 36.0 Å². The second-order valence-corrected chi connectivity index (χ2v) is 6.70. The standard InChI is InChI=1S/C16H22Cl2N2O2/c1-10(19)12-5-7-20(8-6-12)16(21)11(2)22-15-4-3-13(17)9-14(15)18/h3-4,9-12H,5-8,19H2,1-2H3. The summed E-state index contributed by atoms with van der Waals surface area (Å²) in [6.45, 7) is 5.22. The van der Waals surface area contributed by atoms with Crippen molar-refractivity contribution in [3.8, 4) is 5.75 Å². The molecule has 22 heavy (non-hydrogen) atoms. The van der Waals surface area contributed by atoms with E-state index in [-0.39, 0.29) is 11.9 Å². The molecule has 1 aromatic rings. The highest BCUT2D eigenvalue weighted by atomic mass is 35.5. The number of carbonyl (C=O) groups is 1. The predicted molar refractivity (Wildman–Crippen MR) is 89.5 cm³/mol. The van der Waals surface area contributed by atoms with Gasteiger partial charge >= 0.3 is 0 Å². The Hall–Kier alpha value is -0.970. The lowest BCUT2D eigenvalue weighted by Gasteiger charge is -2.35. The van der Waals surface area contributed by atoms with Crippen LogP contribution in [0.4, 0.5) is 0 Å². The molecule has 0 spiro atoms. The van der Waals surface area contributed by atoms with Crippen LogP contribution in [0.3, 0.4) is 0 Å². The molecule has 1 heterocycles. The van der Waals surface area contributed by atoms with E-state index in [0.717, 1.165) is 25.9 Å². The number of nitrogens with two attached hydrogens (primary N) is 1. The first-order valence-electron chi connectivity index (χ1n) is 7.54. The summed E-state index contributed by atoms with van der Waals surface area (Å²) in [6, 6.07) is 5.15. The van der Waals surface area contributed by atoms with Crippen LogP contribution in [0.2, 0.25) is 10.0 Å². The topological polar surface area (TPSA) is 55.6 Å². The number of carbonyl (C=O) groups excluding carboxylic acids is 1. The van der Waals surface area contributed by atoms with Gasteiger partial charge in [0.2, 0.25) is 0 Å². The van der Waals surface area contributed by atoms with Crippen molar-refractivity contribution in [2.45, 2.75) is 38.8 Å². The largest absolute Gasteiger partial charge is 0.479 e. The van der Waals surface area contributed by atoms with Gasteiger partial charge in [0.25, 0.3) is 5.91 Å². The number of nitrogens with zero attached hydrogens (tertiary/aromatic N) is 1. The van der Waals surface area contributed by atoms with Gasteiger partial charge in [-0.25, -0.2) is 0 Å². The average Bonchev–Trinajstić information content (AvgIpc) is 2.49. The van der Waals surface area contributed by atoms with Gasteiger partial charge in [0.15, 0.2) is 6.10 Å². The van der Waals surface area contributed by atoms with Crippen molar-refractivity contribution in [3.05, 3.63) is 28.2 Å². The molecular formula is C16H22Cl2N2O2. The zero-order valence-corrected chi connectivity index (χ0v) is 14.4. The van der Waals surface area contributed by atoms with Gasteiger partial charge in [-0.3, -0.25) is 4.79 Å². The molecule has 0 bridgehead atoms. The maximum atomic E-state index is 12.5. The van der Waals surface area contributed by atoms with Crippen LogP contribution in [0, 0.1) is 5.92 Å². The molecule has 1 aromatic carbocycles. The molecule has 6 heteroatoms. The van der Waals surface area contributed by atoms with Gasteiger partial charge in [-0.1, -0.05) is 23.2 Å². The van der Waals surface area contributed by atoms with Crippen LogP contribution < -0.4 is 10.5 Å². The van der Waals surface area contributed by atoms with Crippen molar-refractivity contribution in [2.75, 3.05) is 13.1 Å². The van der Waals surface area contributed by atoms with E-state index in [0.29, 0.717) is 21.7 Å². The monoisotopic (exact) mass is 344 g/mol. The molecule has 1 fully saturated rings. The Morgan fingerprint density at radius 1 is 1.32 bits per heavy atom. The van der Waals surface area contributed by atoms with Crippen molar-refractivity contribution < 1.29 is 9.53 Å². The Bertz CT molecular complexity index is 529. The Kier molecular flexibility index (Phi) is 5.95. The highest BCUT2D eigenvalue weighted by molar-refractivity contribution is 6.35. The highest BCUT2D eigenvalue weighted by Gasteiger charge is 2.28. The van der Waals surface area contributed by atoms with Crippen molar-refractivity contribution in [2.24, 2.45) is 11.7 Å². The van der Waals surface area contributed by atoms with Crippen LogP contribution in [-0.2, 0) is 4.79 Å². The number of hydrogen-bond donors (Lipinski definition) is 1. The number of rotatable bonds is 4. The number of ether oxygens (including phenoxy) is 1. The Labute approximate surface area is 141 Å². The first-order chi connectivity index (χ1) is 10.4. The summed E-state index contributed by atoms with van der Waals surface area (Å²) >= 11 is 11.9. The minimum atomic E-state index is -0.578. The van der Waals surface area contributed by atoms with Crippen LogP contribution in [0.5, 0.6) is 5.75 Å². The van der Waals surface area contributed by atoms with Crippen LogP contribution in [0.25, 0.3) is 0 Å². The molecule has 2 N–H and O–H groups in total. The maximum absolute atomic E-state index is 12.5. The normalized spacial score (nSPS) is 18.9. The molecule has 0 aromatic heterocycles. The molecule has 122 valence electrons. The molecule has 4 nitrogen and oxygen atoms in total. The fourth-order valence-corrected chi connectivity index (χ4v) is 3.17. The third-order valence-electron chi connectivity index (χ3n) is 4.14. The number of likely N-dealkylation sites (tertiary alicyclic amines) is 1. The van der Waals surface area contributed by atoms with E-state index in [4.69, 9.17) is 33.7 Å². The molecule has 0 aliphatic carbocycles. The Balaban J connectivity index is 1.92. The van der Waals surface area contributed by atoms with E-state index < -0.39 is 6.10 Å². The third kappa shape index (κ3) is 4.28. The van der Waals surface area contributed by atoms with Gasteiger partial charge in [-0.05, 0) is 50.8 Å². The summed E-state index contributed by atoms with van der Waals surface area (Å²) in [5.41, 5.74) is 5.93. The second-order valence-electron chi connectivity index (χ2n) is 5.86. The quantitative estimate of drug-likeness (QED) is 0.911. The van der Waals surface area contributed by atoms with E-state index in [9.17, 15) is 4.79 Å². The van der Waals surface area contributed by atoms with E-state index >= 15 is 0 Å². The van der Waals surface area contributed by atoms with Crippen LogP contribution >= 0.6 is 23.2 Å². The summed E-state index contributed by atoms with van der Waals surface area (Å²) in [5, 5.41) is 0.942. The van der Waals surface area contributed by atoms with Crippen molar-refractivity contribution in [1.82, 2.24) is 4.90 Å². The predicted octanol–water partition coefficient (Wildman–Crippen LogP) is 3.35. The number of hydrogen-bond acceptors (Lipinski definition) is 3. The summed E-state index contributed by atoms with van der Waals surface area (Å²) in [7, 11) is 0. The fourth-order valence-electron chi connectivity index (χ4n) is 2.71. The molecule has 1 aliphatic rings. The summed E-state index contributed by atoms with van der Waals surface area (Å²) in [6.07, 6.45) is 1.31. The maximum Gasteiger partial charge on any atom is 0.263 e. The molecular weight excluding hydrogens is 323 g/mol. The summed E-state index contributed by atoms with van der Waals surface area (Å²) in [4.78, 5) is 14.3. The second kappa shape index (κ2) is 7.53. The first kappa shape index (κ1) is 17.4. The minimum absolute atomic E-state index is 0.0193. The lowest BCUT2D eigenvalue weighted by Crippen LogP contribution is -2.46. The van der Waals surface area contributed by atoms with Gasteiger partial charge < -0.3 is 15.4 Å². The molecule has 1 aliphatic heterocycles. The zero-order chi connectivity index (χ0) is 16.3. The first-order valence-corrected chi connectivity index (χ1v) is 8.30. The van der Waals surface area contributed by atoms with Gasteiger partial charge in [0, 0.05) is 24.2 Å². The van der Waals surface area contributed by atoms with Gasteiger partial charge in [0.05, 0.1) is 5.02 Å². The van der Waals surface area contributed by atoms with Crippen molar-refractivity contribution in [3.63, 3.8) is 0 Å². The van der Waals surface area contributed by atoms with Crippen LogP contribution in [0.1, 0.15) is 26.7 Å². The molecule has 1 saturated heterocycles. The van der Waals surface area contributed by atoms with Crippen molar-refractivity contribution >= 4 is 29.1 Å². The lowest BCUT2D eigenvalue weighted by molar-refractivity contribution is -0.139. The minimum Gasteiger partial charge on any atom is -0.479 e. The van der Waals surface area contributed by atoms with E-state index in [2.05, 4.69) is 0 Å². The number of piperidine rings is 1.